The first-order valence-corrected chi connectivity index (χ1v) is 7.01. The number of carboxylic acids is 1. The molecule has 0 radical (unpaired) electrons. The van der Waals surface area contributed by atoms with E-state index >= 15 is 0 Å². The fourth-order valence-corrected chi connectivity index (χ4v) is 2.98. The molecular formula is C15H18N2O3. The van der Waals surface area contributed by atoms with Gasteiger partial charge in [0.15, 0.2) is 0 Å². The van der Waals surface area contributed by atoms with Gasteiger partial charge in [0.05, 0.1) is 17.1 Å². The first-order chi connectivity index (χ1) is 9.71. The number of hydrogen-bond donors (Lipinski definition) is 2. The number of carbonyl (C=O) groups is 1. The Balaban J connectivity index is 1.80. The van der Waals surface area contributed by atoms with Crippen molar-refractivity contribution in [1.29, 1.82) is 0 Å². The number of aromatic nitrogens is 1. The standard InChI is InChI=1S/C15H18N2O3/c18-14(19)15(6-2-1-3-7-15)10-17-13-11-5-9-20-12(11)4-8-16-13/h4-5,8-9H,1-3,6-7,10H2,(H,16,17)(H,18,19). The molecule has 1 aliphatic rings. The molecule has 0 aliphatic heterocycles. The summed E-state index contributed by atoms with van der Waals surface area (Å²) in [5.41, 5.74) is 0.0989. The van der Waals surface area contributed by atoms with Gasteiger partial charge in [-0.05, 0) is 25.0 Å². The molecule has 2 N–H and O–H groups in total. The number of pyridine rings is 1. The van der Waals surface area contributed by atoms with Crippen LogP contribution < -0.4 is 5.32 Å². The molecule has 2 aromatic heterocycles. The molecule has 5 heteroatoms. The summed E-state index contributed by atoms with van der Waals surface area (Å²) in [6.45, 7) is 0.416. The highest BCUT2D eigenvalue weighted by molar-refractivity contribution is 5.88. The van der Waals surface area contributed by atoms with Crippen LogP contribution in [0.3, 0.4) is 0 Å². The highest BCUT2D eigenvalue weighted by Crippen LogP contribution is 2.37. The van der Waals surface area contributed by atoms with Crippen molar-refractivity contribution in [1.82, 2.24) is 4.98 Å². The van der Waals surface area contributed by atoms with E-state index in [1.165, 1.54) is 0 Å². The van der Waals surface area contributed by atoms with Crippen molar-refractivity contribution in [2.45, 2.75) is 32.1 Å². The second-order valence-electron chi connectivity index (χ2n) is 5.49. The van der Waals surface area contributed by atoms with Crippen LogP contribution >= 0.6 is 0 Å². The van der Waals surface area contributed by atoms with Crippen LogP contribution in [0, 0.1) is 5.41 Å². The lowest BCUT2D eigenvalue weighted by Gasteiger charge is -2.33. The number of anilines is 1. The van der Waals surface area contributed by atoms with E-state index < -0.39 is 11.4 Å². The fourth-order valence-electron chi connectivity index (χ4n) is 2.98. The highest BCUT2D eigenvalue weighted by atomic mass is 16.4. The predicted molar refractivity (Wildman–Crippen MR) is 75.7 cm³/mol. The summed E-state index contributed by atoms with van der Waals surface area (Å²) in [6.07, 6.45) is 7.85. The van der Waals surface area contributed by atoms with E-state index in [9.17, 15) is 9.90 Å². The molecule has 2 heterocycles. The van der Waals surface area contributed by atoms with Crippen molar-refractivity contribution >= 4 is 22.8 Å². The van der Waals surface area contributed by atoms with E-state index in [1.54, 1.807) is 18.5 Å². The highest BCUT2D eigenvalue weighted by Gasteiger charge is 2.39. The third kappa shape index (κ3) is 2.24. The maximum atomic E-state index is 11.6. The summed E-state index contributed by atoms with van der Waals surface area (Å²) in [7, 11) is 0. The number of nitrogens with zero attached hydrogens (tertiary/aromatic N) is 1. The molecule has 0 bridgehead atoms. The van der Waals surface area contributed by atoms with Crippen molar-refractivity contribution in [3.63, 3.8) is 0 Å². The largest absolute Gasteiger partial charge is 0.481 e. The van der Waals surface area contributed by atoms with Gasteiger partial charge >= 0.3 is 5.97 Å². The molecule has 0 spiro atoms. The van der Waals surface area contributed by atoms with Gasteiger partial charge in [-0.25, -0.2) is 4.98 Å². The van der Waals surface area contributed by atoms with Crippen LogP contribution in [0.15, 0.2) is 29.0 Å². The van der Waals surface area contributed by atoms with Gasteiger partial charge in [0, 0.05) is 12.7 Å². The Morgan fingerprint density at radius 2 is 2.15 bits per heavy atom. The van der Waals surface area contributed by atoms with Gasteiger partial charge in [0.2, 0.25) is 0 Å². The zero-order chi connectivity index (χ0) is 14.0. The van der Waals surface area contributed by atoms with Crippen molar-refractivity contribution in [2.75, 3.05) is 11.9 Å². The lowest BCUT2D eigenvalue weighted by Crippen LogP contribution is -2.39. The smallest absolute Gasteiger partial charge is 0.311 e. The number of aliphatic carboxylic acids is 1. The number of furan rings is 1. The Hall–Kier alpha value is -2.04. The van der Waals surface area contributed by atoms with E-state index in [1.807, 2.05) is 6.07 Å². The Morgan fingerprint density at radius 3 is 2.90 bits per heavy atom. The quantitative estimate of drug-likeness (QED) is 0.894. The van der Waals surface area contributed by atoms with Gasteiger partial charge in [-0.1, -0.05) is 19.3 Å². The second kappa shape index (κ2) is 5.15. The van der Waals surface area contributed by atoms with Crippen LogP contribution in [0.1, 0.15) is 32.1 Å². The molecule has 1 fully saturated rings. The summed E-state index contributed by atoms with van der Waals surface area (Å²) >= 11 is 0. The van der Waals surface area contributed by atoms with Gasteiger partial charge in [-0.15, -0.1) is 0 Å². The molecule has 1 aliphatic carbocycles. The molecule has 20 heavy (non-hydrogen) atoms. The second-order valence-corrected chi connectivity index (χ2v) is 5.49. The SMILES string of the molecule is O=C(O)C1(CNc2nccc3occc23)CCCCC1. The Morgan fingerprint density at radius 1 is 1.35 bits per heavy atom. The predicted octanol–water partition coefficient (Wildman–Crippen LogP) is 3.27. The zero-order valence-electron chi connectivity index (χ0n) is 11.3. The van der Waals surface area contributed by atoms with Gasteiger partial charge < -0.3 is 14.8 Å². The van der Waals surface area contributed by atoms with Crippen molar-refractivity contribution in [3.8, 4) is 0 Å². The molecule has 5 nitrogen and oxygen atoms in total. The van der Waals surface area contributed by atoms with Gasteiger partial charge in [-0.3, -0.25) is 4.79 Å². The van der Waals surface area contributed by atoms with Crippen LogP contribution in [-0.2, 0) is 4.79 Å². The van der Waals surface area contributed by atoms with Crippen LogP contribution in [0.5, 0.6) is 0 Å². The third-order valence-corrected chi connectivity index (χ3v) is 4.24. The first kappa shape index (κ1) is 13.0. The third-order valence-electron chi connectivity index (χ3n) is 4.24. The lowest BCUT2D eigenvalue weighted by molar-refractivity contribution is -0.150. The van der Waals surface area contributed by atoms with Crippen molar-refractivity contribution in [2.24, 2.45) is 5.41 Å². The van der Waals surface area contributed by atoms with E-state index in [4.69, 9.17) is 4.42 Å². The molecule has 0 unspecified atom stereocenters. The Labute approximate surface area is 117 Å². The average Bonchev–Trinajstić information content (AvgIpc) is 2.95. The normalized spacial score (nSPS) is 18.0. The molecule has 0 atom stereocenters. The van der Waals surface area contributed by atoms with Crippen LogP contribution in [-0.4, -0.2) is 22.6 Å². The van der Waals surface area contributed by atoms with E-state index in [0.717, 1.165) is 43.1 Å². The molecule has 0 saturated heterocycles. The topological polar surface area (TPSA) is 75.4 Å². The van der Waals surface area contributed by atoms with Gasteiger partial charge in [-0.2, -0.15) is 0 Å². The molecule has 3 rings (SSSR count). The number of carboxylic acid groups (broad SMARTS) is 1. The van der Waals surface area contributed by atoms with Crippen LogP contribution in [0.25, 0.3) is 11.0 Å². The van der Waals surface area contributed by atoms with Gasteiger partial charge in [0.1, 0.15) is 11.4 Å². The molecular weight excluding hydrogens is 256 g/mol. The summed E-state index contributed by atoms with van der Waals surface area (Å²) in [4.78, 5) is 15.9. The summed E-state index contributed by atoms with van der Waals surface area (Å²) in [6, 6.07) is 3.65. The van der Waals surface area contributed by atoms with Crippen LogP contribution in [0.4, 0.5) is 5.82 Å². The number of hydrogen-bond acceptors (Lipinski definition) is 4. The molecule has 0 amide bonds. The fraction of sp³-hybridized carbons (Fsp3) is 0.467. The molecule has 1 saturated carbocycles. The number of nitrogens with one attached hydrogen (secondary N) is 1. The molecule has 0 aromatic carbocycles. The minimum Gasteiger partial charge on any atom is -0.481 e. The number of rotatable bonds is 4. The van der Waals surface area contributed by atoms with E-state index in [0.29, 0.717) is 12.4 Å². The summed E-state index contributed by atoms with van der Waals surface area (Å²) in [5, 5.41) is 13.7. The van der Waals surface area contributed by atoms with Gasteiger partial charge in [0.25, 0.3) is 0 Å². The van der Waals surface area contributed by atoms with Crippen molar-refractivity contribution in [3.05, 3.63) is 24.6 Å². The maximum absolute atomic E-state index is 11.6. The van der Waals surface area contributed by atoms with E-state index in [2.05, 4.69) is 10.3 Å². The molecule has 2 aromatic rings. The minimum absolute atomic E-state index is 0.416. The van der Waals surface area contributed by atoms with Crippen LogP contribution in [0.2, 0.25) is 0 Å². The summed E-state index contributed by atoms with van der Waals surface area (Å²) < 4.78 is 5.33. The Kier molecular flexibility index (Phi) is 3.34. The first-order valence-electron chi connectivity index (χ1n) is 7.01. The minimum atomic E-state index is -0.705. The zero-order valence-corrected chi connectivity index (χ0v) is 11.3. The number of fused-ring (bicyclic) bond motifs is 1. The lowest BCUT2D eigenvalue weighted by atomic mass is 9.74. The Bertz CT molecular complexity index is 614. The maximum Gasteiger partial charge on any atom is 0.311 e. The monoisotopic (exact) mass is 274 g/mol. The molecule has 106 valence electrons. The average molecular weight is 274 g/mol. The van der Waals surface area contributed by atoms with Crippen molar-refractivity contribution < 1.29 is 14.3 Å². The van der Waals surface area contributed by atoms with E-state index in [-0.39, 0.29) is 0 Å². The summed E-state index contributed by atoms with van der Waals surface area (Å²) in [5.74, 6) is -0.00785.